The van der Waals surface area contributed by atoms with Gasteiger partial charge in [-0.1, -0.05) is 35.5 Å². The van der Waals surface area contributed by atoms with Gasteiger partial charge in [0, 0.05) is 7.11 Å². The summed E-state index contributed by atoms with van der Waals surface area (Å²) < 4.78 is 10.1. The molecule has 0 aliphatic heterocycles. The second kappa shape index (κ2) is 6.15. The van der Waals surface area contributed by atoms with Crippen LogP contribution in [0.4, 0.5) is 0 Å². The van der Waals surface area contributed by atoms with Gasteiger partial charge in [-0.2, -0.15) is 4.98 Å². The van der Waals surface area contributed by atoms with E-state index < -0.39 is 6.10 Å². The van der Waals surface area contributed by atoms with E-state index in [2.05, 4.69) is 10.1 Å². The maximum absolute atomic E-state index is 9.68. The summed E-state index contributed by atoms with van der Waals surface area (Å²) in [6.07, 6.45) is -0.334. The number of nitrogens with zero attached hydrogens (tertiary/aromatic N) is 2. The molecule has 0 bridgehead atoms. The minimum atomic E-state index is -0.631. The van der Waals surface area contributed by atoms with Gasteiger partial charge in [-0.15, -0.1) is 0 Å². The SMILES string of the molecule is COCC(O)Cc1nc(C(C)(C)c2ccccc2)no1. The van der Waals surface area contributed by atoms with Crippen LogP contribution in [0.25, 0.3) is 0 Å². The molecule has 2 rings (SSSR count). The molecule has 1 heterocycles. The highest BCUT2D eigenvalue weighted by atomic mass is 16.5. The number of aliphatic hydroxyl groups excluding tert-OH is 1. The van der Waals surface area contributed by atoms with Gasteiger partial charge in [0.25, 0.3) is 0 Å². The predicted molar refractivity (Wildman–Crippen MR) is 74.5 cm³/mol. The smallest absolute Gasteiger partial charge is 0.229 e. The number of aliphatic hydroxyl groups is 1. The Balaban J connectivity index is 2.16. The van der Waals surface area contributed by atoms with E-state index in [4.69, 9.17) is 9.26 Å². The Morgan fingerprint density at radius 3 is 2.65 bits per heavy atom. The third-order valence-corrected chi connectivity index (χ3v) is 3.29. The van der Waals surface area contributed by atoms with E-state index in [1.165, 1.54) is 0 Å². The Labute approximate surface area is 118 Å². The molecule has 5 nitrogen and oxygen atoms in total. The molecule has 1 atom stereocenters. The minimum Gasteiger partial charge on any atom is -0.390 e. The first-order chi connectivity index (χ1) is 9.54. The molecule has 108 valence electrons. The molecule has 5 heteroatoms. The summed E-state index contributed by atoms with van der Waals surface area (Å²) in [7, 11) is 1.54. The van der Waals surface area contributed by atoms with Crippen LogP contribution in [-0.4, -0.2) is 35.1 Å². The van der Waals surface area contributed by atoms with Gasteiger partial charge in [-0.05, 0) is 19.4 Å². The van der Waals surface area contributed by atoms with Gasteiger partial charge in [0.15, 0.2) is 5.82 Å². The average molecular weight is 276 g/mol. The number of methoxy groups -OCH3 is 1. The van der Waals surface area contributed by atoms with E-state index in [1.54, 1.807) is 7.11 Å². The molecule has 0 radical (unpaired) electrons. The number of hydrogen-bond donors (Lipinski definition) is 1. The van der Waals surface area contributed by atoms with Crippen LogP contribution in [0.2, 0.25) is 0 Å². The van der Waals surface area contributed by atoms with Crippen LogP contribution in [0.1, 0.15) is 31.1 Å². The van der Waals surface area contributed by atoms with E-state index in [0.717, 1.165) is 5.56 Å². The van der Waals surface area contributed by atoms with Crippen LogP contribution in [0.3, 0.4) is 0 Å². The molecule has 1 aromatic heterocycles. The van der Waals surface area contributed by atoms with Crippen LogP contribution < -0.4 is 0 Å². The lowest BCUT2D eigenvalue weighted by Gasteiger charge is -2.20. The van der Waals surface area contributed by atoms with Crippen molar-refractivity contribution in [2.45, 2.75) is 31.8 Å². The maximum Gasteiger partial charge on any atom is 0.229 e. The van der Waals surface area contributed by atoms with E-state index in [0.29, 0.717) is 18.1 Å². The highest BCUT2D eigenvalue weighted by Crippen LogP contribution is 2.29. The van der Waals surface area contributed by atoms with Crippen molar-refractivity contribution in [3.05, 3.63) is 47.6 Å². The van der Waals surface area contributed by atoms with E-state index in [-0.39, 0.29) is 12.0 Å². The van der Waals surface area contributed by atoms with Crippen molar-refractivity contribution in [3.8, 4) is 0 Å². The van der Waals surface area contributed by atoms with Crippen molar-refractivity contribution < 1.29 is 14.4 Å². The first kappa shape index (κ1) is 14.7. The number of aromatic nitrogens is 2. The summed E-state index contributed by atoms with van der Waals surface area (Å²) in [4.78, 5) is 4.39. The Morgan fingerprint density at radius 1 is 1.30 bits per heavy atom. The maximum atomic E-state index is 9.68. The molecule has 0 spiro atoms. The minimum absolute atomic E-state index is 0.250. The molecule has 0 saturated heterocycles. The van der Waals surface area contributed by atoms with Crippen molar-refractivity contribution in [2.75, 3.05) is 13.7 Å². The standard InChI is InChI=1S/C15H20N2O3/c1-15(2,11-7-5-4-6-8-11)14-16-13(20-17-14)9-12(18)10-19-3/h4-8,12,18H,9-10H2,1-3H3. The fraction of sp³-hybridized carbons (Fsp3) is 0.467. The average Bonchev–Trinajstić information content (AvgIpc) is 2.89. The summed E-state index contributed by atoms with van der Waals surface area (Å²) >= 11 is 0. The normalized spacial score (nSPS) is 13.4. The lowest BCUT2D eigenvalue weighted by Crippen LogP contribution is -2.21. The zero-order valence-corrected chi connectivity index (χ0v) is 12.0. The zero-order valence-electron chi connectivity index (χ0n) is 12.0. The molecular formula is C15H20N2O3. The van der Waals surface area contributed by atoms with Gasteiger partial charge in [-0.3, -0.25) is 0 Å². The zero-order chi connectivity index (χ0) is 14.6. The predicted octanol–water partition coefficient (Wildman–Crippen LogP) is 1.95. The second-order valence-electron chi connectivity index (χ2n) is 5.32. The molecule has 1 aromatic carbocycles. The third kappa shape index (κ3) is 3.23. The van der Waals surface area contributed by atoms with Crippen molar-refractivity contribution in [1.29, 1.82) is 0 Å². The molecule has 0 aliphatic carbocycles. The molecule has 2 aromatic rings. The third-order valence-electron chi connectivity index (χ3n) is 3.29. The van der Waals surface area contributed by atoms with Crippen molar-refractivity contribution in [3.63, 3.8) is 0 Å². The van der Waals surface area contributed by atoms with Crippen molar-refractivity contribution in [1.82, 2.24) is 10.1 Å². The Morgan fingerprint density at radius 2 is 2.00 bits per heavy atom. The topological polar surface area (TPSA) is 68.4 Å². The summed E-state index contributed by atoms with van der Waals surface area (Å²) in [6, 6.07) is 10.0. The van der Waals surface area contributed by atoms with Gasteiger partial charge >= 0.3 is 0 Å². The first-order valence-electron chi connectivity index (χ1n) is 6.59. The highest BCUT2D eigenvalue weighted by Gasteiger charge is 2.29. The van der Waals surface area contributed by atoms with Gasteiger partial charge in [0.1, 0.15) is 0 Å². The van der Waals surface area contributed by atoms with E-state index in [1.807, 2.05) is 44.2 Å². The summed E-state index contributed by atoms with van der Waals surface area (Å²) in [5.74, 6) is 1.04. The first-order valence-corrected chi connectivity index (χ1v) is 6.59. The fourth-order valence-corrected chi connectivity index (χ4v) is 2.03. The Bertz CT molecular complexity index is 537. The van der Waals surface area contributed by atoms with E-state index >= 15 is 0 Å². The second-order valence-corrected chi connectivity index (χ2v) is 5.32. The largest absolute Gasteiger partial charge is 0.390 e. The van der Waals surface area contributed by atoms with Crippen LogP contribution in [0.5, 0.6) is 0 Å². The Kier molecular flexibility index (Phi) is 4.52. The molecule has 0 amide bonds. The number of benzene rings is 1. The van der Waals surface area contributed by atoms with Gasteiger partial charge in [0.2, 0.25) is 5.89 Å². The molecule has 1 unspecified atom stereocenters. The molecule has 1 N–H and O–H groups in total. The summed E-state index contributed by atoms with van der Waals surface area (Å²) in [6.45, 7) is 4.34. The number of ether oxygens (including phenoxy) is 1. The molecular weight excluding hydrogens is 256 g/mol. The molecule has 0 saturated carbocycles. The summed E-state index contributed by atoms with van der Waals surface area (Å²) in [5, 5.41) is 13.7. The van der Waals surface area contributed by atoms with E-state index in [9.17, 15) is 5.11 Å². The fourth-order valence-electron chi connectivity index (χ4n) is 2.03. The lowest BCUT2D eigenvalue weighted by atomic mass is 9.84. The van der Waals surface area contributed by atoms with Gasteiger partial charge in [-0.25, -0.2) is 0 Å². The summed E-state index contributed by atoms with van der Waals surface area (Å²) in [5.41, 5.74) is 0.777. The Hall–Kier alpha value is -1.72. The monoisotopic (exact) mass is 276 g/mol. The molecule has 20 heavy (non-hydrogen) atoms. The molecule has 0 aliphatic rings. The van der Waals surface area contributed by atoms with Crippen LogP contribution in [-0.2, 0) is 16.6 Å². The van der Waals surface area contributed by atoms with Crippen LogP contribution in [0, 0.1) is 0 Å². The quantitative estimate of drug-likeness (QED) is 0.873. The number of hydrogen-bond acceptors (Lipinski definition) is 5. The van der Waals surface area contributed by atoms with Crippen LogP contribution >= 0.6 is 0 Å². The molecule has 0 fully saturated rings. The number of rotatable bonds is 6. The van der Waals surface area contributed by atoms with Crippen LogP contribution in [0.15, 0.2) is 34.9 Å². The van der Waals surface area contributed by atoms with Crippen molar-refractivity contribution >= 4 is 0 Å². The van der Waals surface area contributed by atoms with Gasteiger partial charge in [0.05, 0.1) is 24.5 Å². The highest BCUT2D eigenvalue weighted by molar-refractivity contribution is 5.30. The van der Waals surface area contributed by atoms with Crippen molar-refractivity contribution in [2.24, 2.45) is 0 Å². The lowest BCUT2D eigenvalue weighted by molar-refractivity contribution is 0.0599. The van der Waals surface area contributed by atoms with Gasteiger partial charge < -0.3 is 14.4 Å².